The molecule has 0 saturated heterocycles. The van der Waals surface area contributed by atoms with E-state index in [1.807, 2.05) is 48.5 Å². The Kier molecular flexibility index (Phi) is 7.46. The Labute approximate surface area is 143 Å². The van der Waals surface area contributed by atoms with Crippen LogP contribution in [0.3, 0.4) is 0 Å². The second-order valence-electron chi connectivity index (χ2n) is 5.02. The molecule has 0 saturated carbocycles. The van der Waals surface area contributed by atoms with Crippen LogP contribution in [0.4, 0.5) is 11.4 Å². The molecule has 5 heteroatoms. The smallest absolute Gasteiger partial charge is 0.119 e. The molecule has 0 amide bonds. The molecule has 122 valence electrons. The first-order chi connectivity index (χ1) is 11.3. The second kappa shape index (κ2) is 9.90. The molecule has 0 aliphatic carbocycles. The van der Waals surface area contributed by atoms with Crippen LogP contribution in [0.1, 0.15) is 19.3 Å². The minimum atomic E-state index is 0.737. The van der Waals surface area contributed by atoms with Gasteiger partial charge in [-0.2, -0.15) is 22.9 Å². The fourth-order valence-corrected chi connectivity index (χ4v) is 2.18. The van der Waals surface area contributed by atoms with Gasteiger partial charge in [-0.3, -0.25) is 0 Å². The highest BCUT2D eigenvalue weighted by Gasteiger charge is 1.96. The number of unbranched alkanes of at least 4 members (excludes halogenated alkanes) is 2. The van der Waals surface area contributed by atoms with Crippen molar-refractivity contribution >= 4 is 24.0 Å². The predicted octanol–water partition coefficient (Wildman–Crippen LogP) is 5.59. The molecule has 0 fully saturated rings. The monoisotopic (exact) mass is 330 g/mol. The Hall–Kier alpha value is -2.01. The lowest BCUT2D eigenvalue weighted by Crippen LogP contribution is -1.96. The third-order valence-corrected chi connectivity index (χ3v) is 3.58. The van der Waals surface area contributed by atoms with Gasteiger partial charge in [0.15, 0.2) is 0 Å². The summed E-state index contributed by atoms with van der Waals surface area (Å²) in [6, 6.07) is 15.1. The number of methoxy groups -OCH3 is 1. The molecule has 0 unspecified atom stereocenters. The number of hydrogen-bond acceptors (Lipinski definition) is 5. The zero-order valence-electron chi connectivity index (χ0n) is 13.3. The minimum absolute atomic E-state index is 0.737. The number of hydrogen-bond donors (Lipinski definition) is 1. The number of rotatable bonds is 9. The first-order valence-corrected chi connectivity index (χ1v) is 8.34. The van der Waals surface area contributed by atoms with E-state index in [4.69, 9.17) is 9.47 Å². The molecule has 23 heavy (non-hydrogen) atoms. The van der Waals surface area contributed by atoms with Crippen LogP contribution in [0.15, 0.2) is 58.8 Å². The van der Waals surface area contributed by atoms with E-state index in [-0.39, 0.29) is 0 Å². The molecule has 4 nitrogen and oxygen atoms in total. The van der Waals surface area contributed by atoms with Gasteiger partial charge < -0.3 is 9.47 Å². The zero-order chi connectivity index (χ0) is 16.3. The van der Waals surface area contributed by atoms with Crippen molar-refractivity contribution in [3.05, 3.63) is 48.5 Å². The number of ether oxygens (including phenoxy) is 2. The van der Waals surface area contributed by atoms with Gasteiger partial charge in [-0.1, -0.05) is 0 Å². The van der Waals surface area contributed by atoms with E-state index in [0.29, 0.717) is 0 Å². The molecule has 2 rings (SSSR count). The molecule has 0 spiro atoms. The molecule has 0 aromatic heterocycles. The number of thiol groups is 1. The zero-order valence-corrected chi connectivity index (χ0v) is 14.2. The van der Waals surface area contributed by atoms with Crippen molar-refractivity contribution in [2.75, 3.05) is 19.5 Å². The van der Waals surface area contributed by atoms with Gasteiger partial charge in [0.05, 0.1) is 25.1 Å². The van der Waals surface area contributed by atoms with E-state index >= 15 is 0 Å². The SMILES string of the molecule is COc1ccc(N=Nc2ccc(OCCCCCS)cc2)cc1. The van der Waals surface area contributed by atoms with E-state index in [9.17, 15) is 0 Å². The molecule has 2 aromatic carbocycles. The molecule has 2 aromatic rings. The molecular formula is C18H22N2O2S. The van der Waals surface area contributed by atoms with Crippen molar-refractivity contribution in [3.63, 3.8) is 0 Å². The van der Waals surface area contributed by atoms with Gasteiger partial charge in [-0.05, 0) is 73.5 Å². The van der Waals surface area contributed by atoms with Gasteiger partial charge in [0.2, 0.25) is 0 Å². The van der Waals surface area contributed by atoms with E-state index < -0.39 is 0 Å². The predicted molar refractivity (Wildman–Crippen MR) is 96.8 cm³/mol. The summed E-state index contributed by atoms with van der Waals surface area (Å²) in [5.74, 6) is 2.60. The Morgan fingerprint density at radius 3 is 1.87 bits per heavy atom. The van der Waals surface area contributed by atoms with Crippen LogP contribution in [-0.4, -0.2) is 19.5 Å². The maximum absolute atomic E-state index is 5.68. The highest BCUT2D eigenvalue weighted by Crippen LogP contribution is 2.23. The average molecular weight is 330 g/mol. The molecule has 0 heterocycles. The van der Waals surface area contributed by atoms with E-state index in [1.165, 1.54) is 0 Å². The second-order valence-corrected chi connectivity index (χ2v) is 5.47. The first-order valence-electron chi connectivity index (χ1n) is 7.71. The first kappa shape index (κ1) is 17.3. The van der Waals surface area contributed by atoms with Gasteiger partial charge in [-0.25, -0.2) is 0 Å². The molecule has 0 atom stereocenters. The fourth-order valence-electron chi connectivity index (χ4n) is 1.95. The molecule has 0 aliphatic rings. The Morgan fingerprint density at radius 2 is 1.35 bits per heavy atom. The minimum Gasteiger partial charge on any atom is -0.497 e. The Balaban J connectivity index is 1.82. The number of benzene rings is 2. The average Bonchev–Trinajstić information content (AvgIpc) is 2.61. The molecule has 0 N–H and O–H groups in total. The van der Waals surface area contributed by atoms with Crippen molar-refractivity contribution in [1.29, 1.82) is 0 Å². The maximum Gasteiger partial charge on any atom is 0.119 e. The van der Waals surface area contributed by atoms with Crippen LogP contribution in [0.2, 0.25) is 0 Å². The third-order valence-electron chi connectivity index (χ3n) is 3.26. The number of azo groups is 1. The van der Waals surface area contributed by atoms with Crippen molar-refractivity contribution in [3.8, 4) is 11.5 Å². The summed E-state index contributed by atoms with van der Waals surface area (Å²) >= 11 is 4.19. The van der Waals surface area contributed by atoms with Crippen LogP contribution in [0.25, 0.3) is 0 Å². The molecule has 0 bridgehead atoms. The largest absolute Gasteiger partial charge is 0.497 e. The molecule has 0 aliphatic heterocycles. The van der Waals surface area contributed by atoms with E-state index in [2.05, 4.69) is 22.9 Å². The van der Waals surface area contributed by atoms with Crippen molar-refractivity contribution in [1.82, 2.24) is 0 Å². The van der Waals surface area contributed by atoms with Crippen LogP contribution < -0.4 is 9.47 Å². The lowest BCUT2D eigenvalue weighted by atomic mass is 10.2. The Bertz CT molecular complexity index is 597. The Morgan fingerprint density at radius 1 is 0.783 bits per heavy atom. The van der Waals surface area contributed by atoms with Gasteiger partial charge in [0.25, 0.3) is 0 Å². The quantitative estimate of drug-likeness (QED) is 0.370. The summed E-state index contributed by atoms with van der Waals surface area (Å²) in [5, 5.41) is 8.41. The molecular weight excluding hydrogens is 308 g/mol. The maximum atomic E-state index is 5.68. The van der Waals surface area contributed by atoms with Gasteiger partial charge in [0.1, 0.15) is 11.5 Å². The van der Waals surface area contributed by atoms with Crippen LogP contribution >= 0.6 is 12.6 Å². The summed E-state index contributed by atoms with van der Waals surface area (Å²) < 4.78 is 10.8. The summed E-state index contributed by atoms with van der Waals surface area (Å²) in [6.07, 6.45) is 3.34. The van der Waals surface area contributed by atoms with E-state index in [0.717, 1.165) is 54.5 Å². The highest BCUT2D eigenvalue weighted by atomic mass is 32.1. The van der Waals surface area contributed by atoms with Gasteiger partial charge in [-0.15, -0.1) is 0 Å². The molecule has 0 radical (unpaired) electrons. The summed E-state index contributed by atoms with van der Waals surface area (Å²) in [6.45, 7) is 0.737. The van der Waals surface area contributed by atoms with E-state index in [1.54, 1.807) is 7.11 Å². The summed E-state index contributed by atoms with van der Waals surface area (Å²) in [7, 11) is 1.64. The normalized spacial score (nSPS) is 10.9. The standard InChI is InChI=1S/C18H22N2O2S/c1-21-17-9-5-15(6-10-17)19-20-16-7-11-18(12-8-16)22-13-3-2-4-14-23/h5-12,23H,2-4,13-14H2,1H3. The summed E-state index contributed by atoms with van der Waals surface area (Å²) in [4.78, 5) is 0. The number of nitrogens with zero attached hydrogens (tertiary/aromatic N) is 2. The van der Waals surface area contributed by atoms with Gasteiger partial charge in [0, 0.05) is 0 Å². The van der Waals surface area contributed by atoms with Crippen molar-refractivity contribution in [2.24, 2.45) is 10.2 Å². The lowest BCUT2D eigenvalue weighted by Gasteiger charge is -2.05. The van der Waals surface area contributed by atoms with Crippen LogP contribution in [-0.2, 0) is 0 Å². The summed E-state index contributed by atoms with van der Waals surface area (Å²) in [5.41, 5.74) is 1.58. The highest BCUT2D eigenvalue weighted by molar-refractivity contribution is 7.80. The van der Waals surface area contributed by atoms with Crippen molar-refractivity contribution in [2.45, 2.75) is 19.3 Å². The van der Waals surface area contributed by atoms with Crippen molar-refractivity contribution < 1.29 is 9.47 Å². The fraction of sp³-hybridized carbons (Fsp3) is 0.333. The van der Waals surface area contributed by atoms with Crippen LogP contribution in [0, 0.1) is 0 Å². The topological polar surface area (TPSA) is 43.2 Å². The van der Waals surface area contributed by atoms with Gasteiger partial charge >= 0.3 is 0 Å². The third kappa shape index (κ3) is 6.32. The van der Waals surface area contributed by atoms with Crippen LogP contribution in [0.5, 0.6) is 11.5 Å². The lowest BCUT2D eigenvalue weighted by molar-refractivity contribution is 0.306.